The van der Waals surface area contributed by atoms with Gasteiger partial charge in [0.25, 0.3) is 0 Å². The summed E-state index contributed by atoms with van der Waals surface area (Å²) < 4.78 is 13.4. The molecule has 1 aliphatic rings. The van der Waals surface area contributed by atoms with Crippen molar-refractivity contribution in [3.63, 3.8) is 0 Å². The van der Waals surface area contributed by atoms with Crippen molar-refractivity contribution in [3.8, 4) is 0 Å². The summed E-state index contributed by atoms with van der Waals surface area (Å²) in [5.41, 5.74) is 0.233. The zero-order chi connectivity index (χ0) is 12.1. The van der Waals surface area contributed by atoms with Gasteiger partial charge in [-0.3, -0.25) is 4.79 Å². The van der Waals surface area contributed by atoms with Gasteiger partial charge in [-0.15, -0.1) is 0 Å². The van der Waals surface area contributed by atoms with Gasteiger partial charge < -0.3 is 5.32 Å². The topological polar surface area (TPSA) is 29.1 Å². The Labute approximate surface area is 101 Å². The summed E-state index contributed by atoms with van der Waals surface area (Å²) in [7, 11) is 0. The first-order chi connectivity index (χ1) is 8.27. The first-order valence-corrected chi connectivity index (χ1v) is 6.26. The maximum atomic E-state index is 13.4. The van der Waals surface area contributed by atoms with Crippen LogP contribution < -0.4 is 5.32 Å². The number of benzene rings is 1. The molecule has 1 fully saturated rings. The van der Waals surface area contributed by atoms with E-state index in [1.165, 1.54) is 18.9 Å². The highest BCUT2D eigenvalue weighted by Crippen LogP contribution is 2.18. The van der Waals surface area contributed by atoms with Crippen LogP contribution in [0.25, 0.3) is 0 Å². The average molecular weight is 235 g/mol. The van der Waals surface area contributed by atoms with Gasteiger partial charge in [0.05, 0.1) is 5.56 Å². The van der Waals surface area contributed by atoms with Crippen LogP contribution in [0.3, 0.4) is 0 Å². The highest BCUT2D eigenvalue weighted by molar-refractivity contribution is 5.96. The third-order valence-electron chi connectivity index (χ3n) is 3.35. The first kappa shape index (κ1) is 12.2. The minimum atomic E-state index is -0.403. The Morgan fingerprint density at radius 1 is 1.41 bits per heavy atom. The van der Waals surface area contributed by atoms with Gasteiger partial charge in [0.2, 0.25) is 0 Å². The zero-order valence-electron chi connectivity index (χ0n) is 9.92. The molecule has 2 nitrogen and oxygen atoms in total. The number of nitrogens with one attached hydrogen (secondary N) is 1. The number of ketones is 1. The van der Waals surface area contributed by atoms with Crippen LogP contribution >= 0.6 is 0 Å². The molecule has 0 radical (unpaired) electrons. The predicted molar refractivity (Wildman–Crippen MR) is 65.6 cm³/mol. The van der Waals surface area contributed by atoms with E-state index < -0.39 is 5.82 Å². The lowest BCUT2D eigenvalue weighted by Gasteiger charge is -2.22. The first-order valence-electron chi connectivity index (χ1n) is 6.26. The molecule has 0 saturated carbocycles. The lowest BCUT2D eigenvalue weighted by molar-refractivity contribution is 0.0967. The minimum Gasteiger partial charge on any atom is -0.316 e. The Morgan fingerprint density at radius 3 is 2.94 bits per heavy atom. The number of piperidine rings is 1. The summed E-state index contributed by atoms with van der Waals surface area (Å²) in [5, 5.41) is 3.32. The van der Waals surface area contributed by atoms with Gasteiger partial charge in [0.1, 0.15) is 5.82 Å². The summed E-state index contributed by atoms with van der Waals surface area (Å²) in [6.45, 7) is 2.07. The Hall–Kier alpha value is -1.22. The Bertz CT molecular complexity index is 386. The largest absolute Gasteiger partial charge is 0.316 e. The summed E-state index contributed by atoms with van der Waals surface area (Å²) in [5.74, 6) is 0.0902. The van der Waals surface area contributed by atoms with Crippen molar-refractivity contribution in [1.29, 1.82) is 0 Å². The molecule has 92 valence electrons. The molecule has 1 aromatic carbocycles. The van der Waals surface area contributed by atoms with Crippen LogP contribution in [0.5, 0.6) is 0 Å². The molecule has 0 spiro atoms. The fourth-order valence-corrected chi connectivity index (χ4v) is 2.33. The smallest absolute Gasteiger partial charge is 0.165 e. The highest BCUT2D eigenvalue weighted by Gasteiger charge is 2.16. The molecule has 17 heavy (non-hydrogen) atoms. The van der Waals surface area contributed by atoms with Crippen molar-refractivity contribution in [2.24, 2.45) is 5.92 Å². The second kappa shape index (κ2) is 5.92. The number of rotatable bonds is 4. The van der Waals surface area contributed by atoms with Gasteiger partial charge in [-0.25, -0.2) is 4.39 Å². The standard InChI is InChI=1S/C14H18FNO/c15-13-6-2-1-5-12(13)14(17)8-7-11-4-3-9-16-10-11/h1-2,5-6,11,16H,3-4,7-10H2. The van der Waals surface area contributed by atoms with Crippen molar-refractivity contribution in [3.05, 3.63) is 35.6 Å². The van der Waals surface area contributed by atoms with Gasteiger partial charge in [-0.05, 0) is 50.4 Å². The van der Waals surface area contributed by atoms with Crippen molar-refractivity contribution < 1.29 is 9.18 Å². The number of Topliss-reactive ketones (excluding diaryl/α,β-unsaturated/α-hetero) is 1. The van der Waals surface area contributed by atoms with Crippen molar-refractivity contribution in [2.45, 2.75) is 25.7 Å². The molecule has 1 aromatic rings. The molecule has 2 rings (SSSR count). The van der Waals surface area contributed by atoms with Gasteiger partial charge in [-0.1, -0.05) is 12.1 Å². The summed E-state index contributed by atoms with van der Waals surface area (Å²) in [4.78, 5) is 11.8. The second-order valence-corrected chi connectivity index (χ2v) is 4.65. The van der Waals surface area contributed by atoms with Gasteiger partial charge in [0, 0.05) is 6.42 Å². The Kier molecular flexibility index (Phi) is 4.26. The number of hydrogen-bond acceptors (Lipinski definition) is 2. The monoisotopic (exact) mass is 235 g/mol. The van der Waals surface area contributed by atoms with E-state index >= 15 is 0 Å². The molecule has 3 heteroatoms. The van der Waals surface area contributed by atoms with Gasteiger partial charge in [-0.2, -0.15) is 0 Å². The molecule has 0 aromatic heterocycles. The fraction of sp³-hybridized carbons (Fsp3) is 0.500. The molecule has 0 amide bonds. The number of hydrogen-bond donors (Lipinski definition) is 1. The van der Waals surface area contributed by atoms with E-state index in [-0.39, 0.29) is 11.3 Å². The summed E-state index contributed by atoms with van der Waals surface area (Å²) in [6.07, 6.45) is 3.67. The molecular weight excluding hydrogens is 217 g/mol. The van der Waals surface area contributed by atoms with Crippen molar-refractivity contribution >= 4 is 5.78 Å². The molecule has 1 aliphatic heterocycles. The zero-order valence-corrected chi connectivity index (χ0v) is 9.92. The fourth-order valence-electron chi connectivity index (χ4n) is 2.33. The molecule has 1 saturated heterocycles. The Balaban J connectivity index is 1.87. The third-order valence-corrected chi connectivity index (χ3v) is 3.35. The predicted octanol–water partition coefficient (Wildman–Crippen LogP) is 2.79. The molecule has 0 aliphatic carbocycles. The molecular formula is C14H18FNO. The van der Waals surface area contributed by atoms with Crippen LogP contribution in [0.4, 0.5) is 4.39 Å². The minimum absolute atomic E-state index is 0.0753. The van der Waals surface area contributed by atoms with E-state index in [9.17, 15) is 9.18 Å². The second-order valence-electron chi connectivity index (χ2n) is 4.65. The van der Waals surface area contributed by atoms with E-state index in [0.717, 1.165) is 19.5 Å². The van der Waals surface area contributed by atoms with Crippen LogP contribution in [-0.4, -0.2) is 18.9 Å². The maximum absolute atomic E-state index is 13.4. The third kappa shape index (κ3) is 3.37. The van der Waals surface area contributed by atoms with Gasteiger partial charge in [0.15, 0.2) is 5.78 Å². The van der Waals surface area contributed by atoms with Crippen molar-refractivity contribution in [2.75, 3.05) is 13.1 Å². The van der Waals surface area contributed by atoms with Crippen LogP contribution in [0, 0.1) is 11.7 Å². The summed E-state index contributed by atoms with van der Waals surface area (Å²) >= 11 is 0. The highest BCUT2D eigenvalue weighted by atomic mass is 19.1. The van der Waals surface area contributed by atoms with Crippen LogP contribution in [-0.2, 0) is 0 Å². The normalized spacial score (nSPS) is 20.2. The lowest BCUT2D eigenvalue weighted by atomic mass is 9.92. The van der Waals surface area contributed by atoms with Crippen LogP contribution in [0.2, 0.25) is 0 Å². The van der Waals surface area contributed by atoms with E-state index in [1.807, 2.05) is 0 Å². The summed E-state index contributed by atoms with van der Waals surface area (Å²) in [6, 6.07) is 6.22. The molecule has 1 atom stereocenters. The average Bonchev–Trinajstić information content (AvgIpc) is 2.38. The van der Waals surface area contributed by atoms with E-state index in [1.54, 1.807) is 18.2 Å². The van der Waals surface area contributed by atoms with E-state index in [0.29, 0.717) is 12.3 Å². The van der Waals surface area contributed by atoms with Crippen LogP contribution in [0.1, 0.15) is 36.0 Å². The molecule has 1 heterocycles. The SMILES string of the molecule is O=C(CCC1CCCNC1)c1ccccc1F. The number of carbonyl (C=O) groups is 1. The number of halogens is 1. The van der Waals surface area contributed by atoms with Gasteiger partial charge >= 0.3 is 0 Å². The number of carbonyl (C=O) groups excluding carboxylic acids is 1. The van der Waals surface area contributed by atoms with E-state index in [4.69, 9.17) is 0 Å². The lowest BCUT2D eigenvalue weighted by Crippen LogP contribution is -2.30. The Morgan fingerprint density at radius 2 is 2.24 bits per heavy atom. The molecule has 1 unspecified atom stereocenters. The van der Waals surface area contributed by atoms with E-state index in [2.05, 4.69) is 5.32 Å². The molecule has 0 bridgehead atoms. The maximum Gasteiger partial charge on any atom is 0.165 e. The van der Waals surface area contributed by atoms with Crippen LogP contribution in [0.15, 0.2) is 24.3 Å². The van der Waals surface area contributed by atoms with Crippen molar-refractivity contribution in [1.82, 2.24) is 5.32 Å². The quantitative estimate of drug-likeness (QED) is 0.813. The molecule has 1 N–H and O–H groups in total.